The number of alkyl halides is 2. The van der Waals surface area contributed by atoms with E-state index in [-0.39, 0.29) is 11.8 Å². The molecular weight excluding hydrogens is 311 g/mol. The van der Waals surface area contributed by atoms with Crippen molar-refractivity contribution in [3.05, 3.63) is 30.3 Å². The van der Waals surface area contributed by atoms with Crippen LogP contribution in [0.1, 0.15) is 19.8 Å². The number of carbonyl (C=O) groups is 2. The highest BCUT2D eigenvalue weighted by molar-refractivity contribution is 6.53. The second-order valence-electron chi connectivity index (χ2n) is 5.85. The lowest BCUT2D eigenvalue weighted by Crippen LogP contribution is -2.45. The third-order valence-electron chi connectivity index (χ3n) is 4.34. The first kappa shape index (κ1) is 14.7. The normalized spacial score (nSPS) is 30.3. The van der Waals surface area contributed by atoms with Crippen molar-refractivity contribution in [2.75, 3.05) is 11.4 Å². The van der Waals surface area contributed by atoms with Crippen molar-refractivity contribution in [3.63, 3.8) is 0 Å². The second kappa shape index (κ2) is 4.89. The number of nitrogens with zero attached hydrogens (tertiary/aromatic N) is 1. The Morgan fingerprint density at radius 2 is 1.95 bits per heavy atom. The molecule has 1 aliphatic carbocycles. The van der Waals surface area contributed by atoms with Gasteiger partial charge in [0.25, 0.3) is 0 Å². The summed E-state index contributed by atoms with van der Waals surface area (Å²) in [5, 5.41) is 2.79. The number of benzene rings is 1. The quantitative estimate of drug-likeness (QED) is 0.867. The Labute approximate surface area is 133 Å². The summed E-state index contributed by atoms with van der Waals surface area (Å²) < 4.78 is -1.02. The van der Waals surface area contributed by atoms with Crippen molar-refractivity contribution in [3.8, 4) is 0 Å². The van der Waals surface area contributed by atoms with Gasteiger partial charge in [-0.25, -0.2) is 0 Å². The molecule has 2 fully saturated rings. The first-order valence-corrected chi connectivity index (χ1v) is 7.66. The Bertz CT molecular complexity index is 591. The molecule has 0 radical (unpaired) electrons. The molecule has 112 valence electrons. The number of hydrogen-bond donors (Lipinski definition) is 1. The molecule has 1 aliphatic heterocycles. The van der Waals surface area contributed by atoms with E-state index < -0.39 is 15.8 Å². The summed E-state index contributed by atoms with van der Waals surface area (Å²) in [5.74, 6) is -0.339. The summed E-state index contributed by atoms with van der Waals surface area (Å²) in [7, 11) is 0. The summed E-state index contributed by atoms with van der Waals surface area (Å²) in [4.78, 5) is 26.3. The van der Waals surface area contributed by atoms with Crippen LogP contribution in [0.25, 0.3) is 0 Å². The minimum Gasteiger partial charge on any atom is -0.344 e. The molecule has 0 unspecified atom stereocenters. The van der Waals surface area contributed by atoms with Gasteiger partial charge in [-0.15, -0.1) is 23.2 Å². The summed E-state index contributed by atoms with van der Waals surface area (Å²) in [5.41, 5.74) is 0.0530. The fourth-order valence-corrected chi connectivity index (χ4v) is 3.35. The van der Waals surface area contributed by atoms with Crippen LogP contribution in [-0.4, -0.2) is 28.7 Å². The zero-order chi connectivity index (χ0) is 15.3. The first-order valence-electron chi connectivity index (χ1n) is 6.90. The van der Waals surface area contributed by atoms with Crippen LogP contribution in [0.3, 0.4) is 0 Å². The molecule has 0 bridgehead atoms. The van der Waals surface area contributed by atoms with Gasteiger partial charge < -0.3 is 10.2 Å². The van der Waals surface area contributed by atoms with Gasteiger partial charge in [-0.2, -0.15) is 0 Å². The Kier molecular flexibility index (Phi) is 3.41. The highest BCUT2D eigenvalue weighted by Gasteiger charge is 2.68. The average molecular weight is 327 g/mol. The lowest BCUT2D eigenvalue weighted by molar-refractivity contribution is -0.129. The first-order chi connectivity index (χ1) is 9.85. The summed E-state index contributed by atoms with van der Waals surface area (Å²) in [6.07, 6.45) is 1.01. The predicted octanol–water partition coefficient (Wildman–Crippen LogP) is 2.49. The van der Waals surface area contributed by atoms with Gasteiger partial charge in [0.05, 0.1) is 5.41 Å². The molecule has 4 nitrogen and oxygen atoms in total. The van der Waals surface area contributed by atoms with Gasteiger partial charge in [-0.1, -0.05) is 18.2 Å². The average Bonchev–Trinajstić information content (AvgIpc) is 2.78. The van der Waals surface area contributed by atoms with E-state index >= 15 is 0 Å². The van der Waals surface area contributed by atoms with Gasteiger partial charge in [-0.3, -0.25) is 9.59 Å². The van der Waals surface area contributed by atoms with Crippen molar-refractivity contribution in [1.29, 1.82) is 0 Å². The maximum atomic E-state index is 12.4. The van der Waals surface area contributed by atoms with Crippen molar-refractivity contribution in [2.24, 2.45) is 5.41 Å². The molecular formula is C15H16Cl2N2O2. The molecule has 0 spiro atoms. The maximum Gasteiger partial charge on any atom is 0.249 e. The molecule has 2 atom stereocenters. The lowest BCUT2D eigenvalue weighted by atomic mass is 10.1. The van der Waals surface area contributed by atoms with E-state index in [0.29, 0.717) is 19.4 Å². The zero-order valence-corrected chi connectivity index (χ0v) is 13.1. The lowest BCUT2D eigenvalue weighted by Gasteiger charge is -2.19. The van der Waals surface area contributed by atoms with Crippen LogP contribution in [-0.2, 0) is 9.59 Å². The topological polar surface area (TPSA) is 49.4 Å². The molecule has 1 heterocycles. The van der Waals surface area contributed by atoms with Gasteiger partial charge in [0.1, 0.15) is 10.4 Å². The molecule has 1 N–H and O–H groups in total. The number of rotatable bonds is 3. The zero-order valence-electron chi connectivity index (χ0n) is 11.6. The maximum absolute atomic E-state index is 12.4. The van der Waals surface area contributed by atoms with Crippen molar-refractivity contribution in [1.82, 2.24) is 5.32 Å². The standard InChI is InChI=1S/C15H16Cl2N2O2/c1-14(9-15(14,16)17)13(21)18-11-7-8-19(12(11)20)10-5-3-2-4-6-10/h2-6,11H,7-9H2,1H3,(H,18,21)/t11-,14-/m1/s1. The SMILES string of the molecule is C[C@]1(C(=O)N[C@@H]2CCN(c3ccccc3)C2=O)CC1(Cl)Cl. The van der Waals surface area contributed by atoms with E-state index in [1.54, 1.807) is 11.8 Å². The van der Waals surface area contributed by atoms with Crippen LogP contribution in [0.5, 0.6) is 0 Å². The van der Waals surface area contributed by atoms with Crippen molar-refractivity contribution < 1.29 is 9.59 Å². The Balaban J connectivity index is 1.67. The molecule has 2 aliphatic rings. The van der Waals surface area contributed by atoms with E-state index in [2.05, 4.69) is 5.32 Å². The van der Waals surface area contributed by atoms with Crippen LogP contribution < -0.4 is 10.2 Å². The fourth-order valence-electron chi connectivity index (χ4n) is 2.64. The number of nitrogens with one attached hydrogen (secondary N) is 1. The van der Waals surface area contributed by atoms with E-state index in [9.17, 15) is 9.59 Å². The Morgan fingerprint density at radius 1 is 1.33 bits per heavy atom. The highest BCUT2D eigenvalue weighted by Crippen LogP contribution is 2.63. The number of carbonyl (C=O) groups excluding carboxylic acids is 2. The molecule has 0 aromatic heterocycles. The highest BCUT2D eigenvalue weighted by atomic mass is 35.5. The predicted molar refractivity (Wildman–Crippen MR) is 82.5 cm³/mol. The van der Waals surface area contributed by atoms with Gasteiger partial charge in [-0.05, 0) is 31.9 Å². The van der Waals surface area contributed by atoms with E-state index in [1.807, 2.05) is 30.3 Å². The van der Waals surface area contributed by atoms with E-state index in [4.69, 9.17) is 23.2 Å². The molecule has 2 amide bonds. The number of halogens is 2. The fraction of sp³-hybridized carbons (Fsp3) is 0.467. The summed E-state index contributed by atoms with van der Waals surface area (Å²) in [6, 6.07) is 8.93. The second-order valence-corrected chi connectivity index (χ2v) is 7.34. The number of amides is 2. The van der Waals surface area contributed by atoms with Gasteiger partial charge in [0.15, 0.2) is 0 Å². The number of para-hydroxylation sites is 1. The Morgan fingerprint density at radius 3 is 2.52 bits per heavy atom. The van der Waals surface area contributed by atoms with Crippen LogP contribution in [0.15, 0.2) is 30.3 Å². The third kappa shape index (κ3) is 2.40. The molecule has 1 saturated carbocycles. The van der Waals surface area contributed by atoms with E-state index in [1.165, 1.54) is 0 Å². The van der Waals surface area contributed by atoms with Gasteiger partial charge in [0, 0.05) is 12.2 Å². The third-order valence-corrected chi connectivity index (χ3v) is 5.44. The molecule has 3 rings (SSSR count). The van der Waals surface area contributed by atoms with Crippen molar-refractivity contribution >= 4 is 40.7 Å². The monoisotopic (exact) mass is 326 g/mol. The molecule has 1 aromatic carbocycles. The van der Waals surface area contributed by atoms with Gasteiger partial charge in [0.2, 0.25) is 11.8 Å². The summed E-state index contributed by atoms with van der Waals surface area (Å²) in [6.45, 7) is 2.31. The molecule has 1 saturated heterocycles. The van der Waals surface area contributed by atoms with E-state index in [0.717, 1.165) is 5.69 Å². The van der Waals surface area contributed by atoms with Crippen molar-refractivity contribution in [2.45, 2.75) is 30.1 Å². The summed E-state index contributed by atoms with van der Waals surface area (Å²) >= 11 is 12.0. The van der Waals surface area contributed by atoms with Crippen LogP contribution >= 0.6 is 23.2 Å². The van der Waals surface area contributed by atoms with Crippen LogP contribution in [0.4, 0.5) is 5.69 Å². The smallest absolute Gasteiger partial charge is 0.249 e. The molecule has 21 heavy (non-hydrogen) atoms. The minimum atomic E-state index is -1.02. The van der Waals surface area contributed by atoms with Crippen LogP contribution in [0.2, 0.25) is 0 Å². The molecule has 1 aromatic rings. The number of anilines is 1. The van der Waals surface area contributed by atoms with Crippen LogP contribution in [0, 0.1) is 5.41 Å². The minimum absolute atomic E-state index is 0.0893. The largest absolute Gasteiger partial charge is 0.344 e. The molecule has 6 heteroatoms. The Hall–Kier alpha value is -1.26. The van der Waals surface area contributed by atoms with Gasteiger partial charge >= 0.3 is 0 Å². The number of hydrogen-bond acceptors (Lipinski definition) is 2.